The van der Waals surface area contributed by atoms with E-state index < -0.39 is 0 Å². The number of hydrogen-bond donors (Lipinski definition) is 1. The fourth-order valence-electron chi connectivity index (χ4n) is 2.53. The quantitative estimate of drug-likeness (QED) is 0.870. The van der Waals surface area contributed by atoms with Crippen LogP contribution in [0.25, 0.3) is 0 Å². The Morgan fingerprint density at radius 3 is 2.71 bits per heavy atom. The second kappa shape index (κ2) is 6.79. The lowest BCUT2D eigenvalue weighted by molar-refractivity contribution is -0.134. The van der Waals surface area contributed by atoms with E-state index >= 15 is 0 Å². The minimum absolute atomic E-state index is 0.0159. The lowest BCUT2D eigenvalue weighted by atomic mass is 9.79. The van der Waals surface area contributed by atoms with Crippen molar-refractivity contribution >= 4 is 17.7 Å². The summed E-state index contributed by atoms with van der Waals surface area (Å²) in [6.45, 7) is 5.72. The minimum atomic E-state index is -0.234. The summed E-state index contributed by atoms with van der Waals surface area (Å²) in [6.07, 6.45) is 1.37. The molecular formula is C16H23FN2OS. The van der Waals surface area contributed by atoms with Gasteiger partial charge in [0.2, 0.25) is 5.91 Å². The lowest BCUT2D eigenvalue weighted by Gasteiger charge is -2.42. The highest BCUT2D eigenvalue weighted by Gasteiger charge is 2.34. The minimum Gasteiger partial charge on any atom is -0.342 e. The summed E-state index contributed by atoms with van der Waals surface area (Å²) in [5.41, 5.74) is 6.07. The molecule has 1 fully saturated rings. The van der Waals surface area contributed by atoms with Crippen LogP contribution in [0.15, 0.2) is 29.2 Å². The molecule has 0 spiro atoms. The Morgan fingerprint density at radius 2 is 2.10 bits per heavy atom. The van der Waals surface area contributed by atoms with E-state index in [1.54, 1.807) is 23.9 Å². The van der Waals surface area contributed by atoms with Crippen LogP contribution >= 0.6 is 11.8 Å². The van der Waals surface area contributed by atoms with Crippen molar-refractivity contribution in [3.63, 3.8) is 0 Å². The van der Waals surface area contributed by atoms with E-state index in [2.05, 4.69) is 13.8 Å². The van der Waals surface area contributed by atoms with Gasteiger partial charge in [-0.05, 0) is 36.1 Å². The maximum Gasteiger partial charge on any atom is 0.223 e. The van der Waals surface area contributed by atoms with Crippen molar-refractivity contribution in [2.75, 3.05) is 18.8 Å². The van der Waals surface area contributed by atoms with Gasteiger partial charge in [-0.3, -0.25) is 4.79 Å². The summed E-state index contributed by atoms with van der Waals surface area (Å²) < 4.78 is 12.8. The van der Waals surface area contributed by atoms with E-state index in [9.17, 15) is 9.18 Å². The van der Waals surface area contributed by atoms with Crippen LogP contribution in [-0.4, -0.2) is 35.7 Å². The summed E-state index contributed by atoms with van der Waals surface area (Å²) in [4.78, 5) is 15.2. The molecule has 0 aromatic heterocycles. The Balaban J connectivity index is 1.78. The van der Waals surface area contributed by atoms with Gasteiger partial charge in [0.25, 0.3) is 0 Å². The molecule has 1 aliphatic rings. The molecule has 1 heterocycles. The number of rotatable bonds is 4. The zero-order chi connectivity index (χ0) is 15.5. The molecule has 1 aliphatic heterocycles. The van der Waals surface area contributed by atoms with Crippen molar-refractivity contribution in [2.24, 2.45) is 11.1 Å². The molecule has 0 saturated carbocycles. The number of carbonyl (C=O) groups is 1. The summed E-state index contributed by atoms with van der Waals surface area (Å²) >= 11 is 1.58. The van der Waals surface area contributed by atoms with Gasteiger partial charge < -0.3 is 10.6 Å². The average Bonchev–Trinajstić information content (AvgIpc) is 2.44. The molecule has 21 heavy (non-hydrogen) atoms. The molecule has 0 aliphatic carbocycles. The van der Waals surface area contributed by atoms with E-state index in [4.69, 9.17) is 5.73 Å². The van der Waals surface area contributed by atoms with E-state index in [1.807, 2.05) is 4.90 Å². The zero-order valence-corrected chi connectivity index (χ0v) is 13.5. The van der Waals surface area contributed by atoms with Crippen molar-refractivity contribution in [3.8, 4) is 0 Å². The van der Waals surface area contributed by atoms with Crippen LogP contribution in [0.3, 0.4) is 0 Å². The predicted molar refractivity (Wildman–Crippen MR) is 84.7 cm³/mol. The van der Waals surface area contributed by atoms with Gasteiger partial charge in [-0.2, -0.15) is 0 Å². The van der Waals surface area contributed by atoms with Crippen LogP contribution in [0.4, 0.5) is 4.39 Å². The van der Waals surface area contributed by atoms with Gasteiger partial charge in [-0.25, -0.2) is 4.39 Å². The maximum absolute atomic E-state index is 12.8. The molecule has 5 heteroatoms. The maximum atomic E-state index is 12.8. The Labute approximate surface area is 130 Å². The molecule has 0 bridgehead atoms. The molecule has 1 unspecified atom stereocenters. The monoisotopic (exact) mass is 310 g/mol. The van der Waals surface area contributed by atoms with Gasteiger partial charge >= 0.3 is 0 Å². The van der Waals surface area contributed by atoms with Crippen LogP contribution in [0.5, 0.6) is 0 Å². The van der Waals surface area contributed by atoms with Crippen LogP contribution in [0.1, 0.15) is 26.7 Å². The first-order valence-electron chi connectivity index (χ1n) is 7.30. The van der Waals surface area contributed by atoms with E-state index in [0.717, 1.165) is 24.4 Å². The summed E-state index contributed by atoms with van der Waals surface area (Å²) in [5.74, 6) is 0.667. The second-order valence-corrected chi connectivity index (χ2v) is 7.42. The molecule has 116 valence electrons. The number of nitrogens with zero attached hydrogens (tertiary/aromatic N) is 1. The molecule has 1 amide bonds. The van der Waals surface area contributed by atoms with Gasteiger partial charge in [0, 0.05) is 36.2 Å². The molecule has 2 N–H and O–H groups in total. The van der Waals surface area contributed by atoms with Gasteiger partial charge in [0.1, 0.15) is 5.82 Å². The average molecular weight is 310 g/mol. The Hall–Kier alpha value is -1.07. The fraction of sp³-hybridized carbons (Fsp3) is 0.562. The molecule has 0 radical (unpaired) electrons. The van der Waals surface area contributed by atoms with Crippen LogP contribution in [-0.2, 0) is 4.79 Å². The number of likely N-dealkylation sites (tertiary alicyclic amines) is 1. The third kappa shape index (κ3) is 4.45. The highest BCUT2D eigenvalue weighted by atomic mass is 32.2. The molecule has 1 atom stereocenters. The Kier molecular flexibility index (Phi) is 5.27. The van der Waals surface area contributed by atoms with Crippen molar-refractivity contribution in [1.82, 2.24) is 4.90 Å². The summed E-state index contributed by atoms with van der Waals surface area (Å²) in [5, 5.41) is 0. The first-order chi connectivity index (χ1) is 9.88. The number of thioether (sulfide) groups is 1. The topological polar surface area (TPSA) is 46.3 Å². The predicted octanol–water partition coefficient (Wildman–Crippen LogP) is 2.89. The van der Waals surface area contributed by atoms with Gasteiger partial charge in [-0.15, -0.1) is 11.8 Å². The second-order valence-electron chi connectivity index (χ2n) is 6.25. The molecule has 1 saturated heterocycles. The number of piperidine rings is 1. The highest BCUT2D eigenvalue weighted by molar-refractivity contribution is 7.99. The van der Waals surface area contributed by atoms with Crippen molar-refractivity contribution in [2.45, 2.75) is 37.6 Å². The first-order valence-corrected chi connectivity index (χ1v) is 8.29. The van der Waals surface area contributed by atoms with Crippen molar-refractivity contribution < 1.29 is 9.18 Å². The van der Waals surface area contributed by atoms with Crippen molar-refractivity contribution in [3.05, 3.63) is 30.1 Å². The number of carbonyl (C=O) groups excluding carboxylic acids is 1. The normalized spacial score (nSPS) is 21.3. The fourth-order valence-corrected chi connectivity index (χ4v) is 3.37. The number of benzene rings is 1. The molecular weight excluding hydrogens is 287 g/mol. The van der Waals surface area contributed by atoms with Gasteiger partial charge in [0.05, 0.1) is 0 Å². The highest BCUT2D eigenvalue weighted by Crippen LogP contribution is 2.28. The number of amides is 1. The third-order valence-corrected chi connectivity index (χ3v) is 5.08. The smallest absolute Gasteiger partial charge is 0.223 e. The number of halogens is 1. The van der Waals surface area contributed by atoms with Crippen LogP contribution in [0, 0.1) is 11.2 Å². The summed E-state index contributed by atoms with van der Waals surface area (Å²) in [6, 6.07) is 6.54. The first kappa shape index (κ1) is 16.3. The van der Waals surface area contributed by atoms with Gasteiger partial charge in [-0.1, -0.05) is 13.8 Å². The molecule has 2 rings (SSSR count). The number of nitrogens with two attached hydrogens (primary N) is 1. The van der Waals surface area contributed by atoms with E-state index in [0.29, 0.717) is 12.2 Å². The third-order valence-electron chi connectivity index (χ3n) is 4.06. The molecule has 3 nitrogen and oxygen atoms in total. The van der Waals surface area contributed by atoms with E-state index in [-0.39, 0.29) is 23.2 Å². The molecule has 1 aromatic rings. The SMILES string of the molecule is CC1(C)CN(C(=O)CCSc2ccc(F)cc2)CCC1N. The largest absolute Gasteiger partial charge is 0.342 e. The van der Waals surface area contributed by atoms with Crippen LogP contribution in [0.2, 0.25) is 0 Å². The van der Waals surface area contributed by atoms with E-state index in [1.165, 1.54) is 12.1 Å². The number of hydrogen-bond acceptors (Lipinski definition) is 3. The van der Waals surface area contributed by atoms with Gasteiger partial charge in [0.15, 0.2) is 0 Å². The standard InChI is InChI=1S/C16H23FN2OS/c1-16(2)11-19(9-7-14(16)18)15(20)8-10-21-13-5-3-12(17)4-6-13/h3-6,14H,7-11,18H2,1-2H3. The Morgan fingerprint density at radius 1 is 1.43 bits per heavy atom. The lowest BCUT2D eigenvalue weighted by Crippen LogP contribution is -2.54. The molecule has 1 aromatic carbocycles. The zero-order valence-electron chi connectivity index (χ0n) is 12.6. The van der Waals surface area contributed by atoms with Crippen LogP contribution < -0.4 is 5.73 Å². The Bertz CT molecular complexity index is 490. The summed E-state index contributed by atoms with van der Waals surface area (Å²) in [7, 11) is 0. The van der Waals surface area contributed by atoms with Crippen molar-refractivity contribution in [1.29, 1.82) is 0 Å².